The Bertz CT molecular complexity index is 1090. The van der Waals surface area contributed by atoms with Crippen LogP contribution in [0.2, 0.25) is 5.02 Å². The molecular formula is C20H20ClN5O3. The molecule has 0 atom stereocenters. The van der Waals surface area contributed by atoms with Crippen LogP contribution in [0.5, 0.6) is 0 Å². The van der Waals surface area contributed by atoms with E-state index in [2.05, 4.69) is 15.3 Å². The predicted octanol–water partition coefficient (Wildman–Crippen LogP) is 3.37. The highest BCUT2D eigenvalue weighted by atomic mass is 35.5. The van der Waals surface area contributed by atoms with Gasteiger partial charge >= 0.3 is 5.97 Å². The molecule has 1 aliphatic rings. The Morgan fingerprint density at radius 3 is 2.69 bits per heavy atom. The van der Waals surface area contributed by atoms with Crippen molar-refractivity contribution in [2.24, 2.45) is 5.92 Å². The van der Waals surface area contributed by atoms with Crippen LogP contribution in [0.1, 0.15) is 28.9 Å². The van der Waals surface area contributed by atoms with Crippen LogP contribution in [0.3, 0.4) is 0 Å². The van der Waals surface area contributed by atoms with Crippen molar-refractivity contribution in [3.63, 3.8) is 0 Å². The van der Waals surface area contributed by atoms with Gasteiger partial charge in [0.15, 0.2) is 11.5 Å². The summed E-state index contributed by atoms with van der Waals surface area (Å²) < 4.78 is 1.93. The van der Waals surface area contributed by atoms with Crippen molar-refractivity contribution < 1.29 is 14.7 Å². The fourth-order valence-electron chi connectivity index (χ4n) is 3.53. The van der Waals surface area contributed by atoms with E-state index >= 15 is 0 Å². The number of piperidine rings is 1. The molecule has 0 aliphatic carbocycles. The van der Waals surface area contributed by atoms with Crippen LogP contribution < -0.4 is 5.32 Å². The number of imidazole rings is 1. The number of fused-ring (bicyclic) bond motifs is 1. The van der Waals surface area contributed by atoms with Gasteiger partial charge in [0.05, 0.1) is 16.5 Å². The lowest BCUT2D eigenvalue weighted by atomic mass is 9.96. The van der Waals surface area contributed by atoms with Gasteiger partial charge in [-0.25, -0.2) is 9.97 Å². The molecule has 0 bridgehead atoms. The minimum absolute atomic E-state index is 0.186. The Kier molecular flexibility index (Phi) is 5.10. The zero-order valence-electron chi connectivity index (χ0n) is 15.8. The molecule has 3 heterocycles. The molecule has 0 unspecified atom stereocenters. The molecule has 8 nitrogen and oxygen atoms in total. The maximum atomic E-state index is 12.8. The number of aromatic nitrogens is 3. The average Bonchev–Trinajstić information content (AvgIpc) is 3.10. The molecule has 4 rings (SSSR count). The van der Waals surface area contributed by atoms with E-state index in [1.54, 1.807) is 35.5 Å². The molecule has 1 fully saturated rings. The van der Waals surface area contributed by atoms with Gasteiger partial charge in [-0.2, -0.15) is 0 Å². The highest BCUT2D eigenvalue weighted by molar-refractivity contribution is 6.34. The van der Waals surface area contributed by atoms with Crippen LogP contribution in [0.4, 0.5) is 11.5 Å². The summed E-state index contributed by atoms with van der Waals surface area (Å²) in [5.74, 6) is -0.787. The molecule has 2 aromatic heterocycles. The lowest BCUT2D eigenvalue weighted by Crippen LogP contribution is -2.40. The predicted molar refractivity (Wildman–Crippen MR) is 109 cm³/mol. The quantitative estimate of drug-likeness (QED) is 0.680. The number of benzene rings is 1. The number of nitrogens with one attached hydrogen (secondary N) is 1. The van der Waals surface area contributed by atoms with E-state index < -0.39 is 5.97 Å². The summed E-state index contributed by atoms with van der Waals surface area (Å²) in [7, 11) is 0. The van der Waals surface area contributed by atoms with Crippen LogP contribution in [0, 0.1) is 12.8 Å². The minimum Gasteiger partial charge on any atom is -0.481 e. The zero-order chi connectivity index (χ0) is 20.5. The maximum absolute atomic E-state index is 12.8. The van der Waals surface area contributed by atoms with Crippen LogP contribution in [-0.2, 0) is 4.79 Å². The number of aliphatic carboxylic acids is 1. The van der Waals surface area contributed by atoms with E-state index in [1.807, 2.05) is 17.5 Å². The summed E-state index contributed by atoms with van der Waals surface area (Å²) in [4.78, 5) is 34.2. The van der Waals surface area contributed by atoms with Crippen molar-refractivity contribution in [2.75, 3.05) is 18.4 Å². The standard InChI is InChI=1S/C20H20ClN5O3/c1-12-11-23-18-17(22-6-9-26(12)18)24-14-2-3-15(16(21)10-14)19(27)25-7-4-13(5-8-25)20(28)29/h2-3,6,9-11,13H,4-5,7-8H2,1H3,(H,22,24)(H,28,29). The maximum Gasteiger partial charge on any atom is 0.306 e. The lowest BCUT2D eigenvalue weighted by molar-refractivity contribution is -0.143. The average molecular weight is 414 g/mol. The molecule has 3 aromatic rings. The van der Waals surface area contributed by atoms with Crippen molar-refractivity contribution >= 4 is 40.6 Å². The highest BCUT2D eigenvalue weighted by Gasteiger charge is 2.28. The molecule has 1 saturated heterocycles. The molecule has 9 heteroatoms. The summed E-state index contributed by atoms with van der Waals surface area (Å²) in [6, 6.07) is 5.12. The molecule has 2 N–H and O–H groups in total. The number of halogens is 1. The third-order valence-corrected chi connectivity index (χ3v) is 5.52. The van der Waals surface area contributed by atoms with E-state index in [4.69, 9.17) is 16.7 Å². The fraction of sp³-hybridized carbons (Fsp3) is 0.300. The van der Waals surface area contributed by atoms with Crippen LogP contribution in [0.25, 0.3) is 5.65 Å². The van der Waals surface area contributed by atoms with Gasteiger partial charge in [-0.05, 0) is 38.0 Å². The molecule has 29 heavy (non-hydrogen) atoms. The number of likely N-dealkylation sites (tertiary alicyclic amines) is 1. The Morgan fingerprint density at radius 1 is 1.24 bits per heavy atom. The number of aryl methyl sites for hydroxylation is 1. The van der Waals surface area contributed by atoms with Crippen LogP contribution >= 0.6 is 11.6 Å². The monoisotopic (exact) mass is 413 g/mol. The first-order valence-electron chi connectivity index (χ1n) is 9.31. The van der Waals surface area contributed by atoms with Gasteiger partial charge in [0.2, 0.25) is 0 Å². The third-order valence-electron chi connectivity index (χ3n) is 5.21. The third kappa shape index (κ3) is 3.75. The number of rotatable bonds is 4. The molecule has 1 aliphatic heterocycles. The van der Waals surface area contributed by atoms with Crippen LogP contribution in [0.15, 0.2) is 36.8 Å². The number of nitrogens with zero attached hydrogens (tertiary/aromatic N) is 4. The minimum atomic E-state index is -0.804. The van der Waals surface area contributed by atoms with Gasteiger partial charge in [0.1, 0.15) is 0 Å². The Morgan fingerprint density at radius 2 is 2.00 bits per heavy atom. The number of amides is 1. The second-order valence-corrected chi connectivity index (χ2v) is 7.50. The smallest absolute Gasteiger partial charge is 0.306 e. The largest absolute Gasteiger partial charge is 0.481 e. The molecule has 0 radical (unpaired) electrons. The van der Waals surface area contributed by atoms with Gasteiger partial charge in [0, 0.05) is 43.1 Å². The number of anilines is 2. The van der Waals surface area contributed by atoms with Gasteiger partial charge in [-0.15, -0.1) is 0 Å². The molecule has 1 amide bonds. The number of carbonyl (C=O) groups is 2. The second-order valence-electron chi connectivity index (χ2n) is 7.09. The lowest BCUT2D eigenvalue weighted by Gasteiger charge is -2.30. The van der Waals surface area contributed by atoms with Gasteiger partial charge < -0.3 is 15.3 Å². The van der Waals surface area contributed by atoms with E-state index in [1.165, 1.54) is 0 Å². The molecule has 0 saturated carbocycles. The summed E-state index contributed by atoms with van der Waals surface area (Å²) in [6.07, 6.45) is 6.20. The summed E-state index contributed by atoms with van der Waals surface area (Å²) in [5, 5.41) is 12.6. The van der Waals surface area contributed by atoms with E-state index in [0.717, 1.165) is 5.69 Å². The van der Waals surface area contributed by atoms with E-state index in [0.29, 0.717) is 53.7 Å². The van der Waals surface area contributed by atoms with Crippen molar-refractivity contribution in [3.8, 4) is 0 Å². The van der Waals surface area contributed by atoms with Crippen LogP contribution in [-0.4, -0.2) is 49.3 Å². The number of carboxylic acid groups (broad SMARTS) is 1. The second kappa shape index (κ2) is 7.71. The SMILES string of the molecule is Cc1cnc2c(Nc3ccc(C(=O)N4CCC(C(=O)O)CC4)c(Cl)c3)nccn12. The molecule has 1 aromatic carbocycles. The van der Waals surface area contributed by atoms with Gasteiger partial charge in [0.25, 0.3) is 5.91 Å². The number of carboxylic acids is 1. The molecule has 0 spiro atoms. The molecular weight excluding hydrogens is 394 g/mol. The van der Waals surface area contributed by atoms with Crippen molar-refractivity contribution in [3.05, 3.63) is 53.1 Å². The zero-order valence-corrected chi connectivity index (χ0v) is 16.6. The van der Waals surface area contributed by atoms with E-state index in [9.17, 15) is 9.59 Å². The number of hydrogen-bond donors (Lipinski definition) is 2. The Hall–Kier alpha value is -3.13. The molecule has 150 valence electrons. The van der Waals surface area contributed by atoms with Gasteiger partial charge in [-0.1, -0.05) is 11.6 Å². The number of carbonyl (C=O) groups excluding carboxylic acids is 1. The van der Waals surface area contributed by atoms with E-state index in [-0.39, 0.29) is 11.8 Å². The topological polar surface area (TPSA) is 99.8 Å². The summed E-state index contributed by atoms with van der Waals surface area (Å²) in [5.41, 5.74) is 2.78. The first-order valence-corrected chi connectivity index (χ1v) is 9.69. The summed E-state index contributed by atoms with van der Waals surface area (Å²) >= 11 is 6.39. The summed E-state index contributed by atoms with van der Waals surface area (Å²) in [6.45, 7) is 2.79. The highest BCUT2D eigenvalue weighted by Crippen LogP contribution is 2.27. The van der Waals surface area contributed by atoms with Crippen molar-refractivity contribution in [1.29, 1.82) is 0 Å². The first kappa shape index (κ1) is 19.2. The number of hydrogen-bond acceptors (Lipinski definition) is 5. The normalized spacial score (nSPS) is 14.9. The van der Waals surface area contributed by atoms with Gasteiger partial charge in [-0.3, -0.25) is 14.0 Å². The van der Waals surface area contributed by atoms with Crippen molar-refractivity contribution in [2.45, 2.75) is 19.8 Å². The fourth-order valence-corrected chi connectivity index (χ4v) is 3.79. The first-order chi connectivity index (χ1) is 13.9. The Labute approximate surface area is 172 Å². The Balaban J connectivity index is 1.51. The van der Waals surface area contributed by atoms with Crippen molar-refractivity contribution in [1.82, 2.24) is 19.3 Å².